The summed E-state index contributed by atoms with van der Waals surface area (Å²) in [7, 11) is 0. The number of para-hydroxylation sites is 2. The fourth-order valence-electron chi connectivity index (χ4n) is 4.31. The number of pyridine rings is 1. The van der Waals surface area contributed by atoms with Crippen LogP contribution in [0.2, 0.25) is 0 Å². The first-order valence-electron chi connectivity index (χ1n) is 10.6. The summed E-state index contributed by atoms with van der Waals surface area (Å²) in [5, 5.41) is 10.9. The molecule has 0 radical (unpaired) electrons. The largest absolute Gasteiger partial charge is 0.435 e. The molecule has 2 heterocycles. The highest BCUT2D eigenvalue weighted by atomic mass is 32.2. The molecule has 8 heteroatoms. The smallest absolute Gasteiger partial charge is 0.387 e. The number of hydrogen-bond donors (Lipinski definition) is 0. The molecule has 0 unspecified atom stereocenters. The Kier molecular flexibility index (Phi) is 5.78. The maximum Gasteiger partial charge on any atom is 0.387 e. The van der Waals surface area contributed by atoms with Crippen molar-refractivity contribution < 1.29 is 13.5 Å². The zero-order valence-corrected chi connectivity index (χ0v) is 18.4. The number of aryl methyl sites for hydroxylation is 1. The van der Waals surface area contributed by atoms with E-state index in [1.165, 1.54) is 17.3 Å². The highest BCUT2D eigenvalue weighted by Crippen LogP contribution is 2.38. The molecule has 4 aromatic rings. The van der Waals surface area contributed by atoms with Crippen LogP contribution in [-0.2, 0) is 25.1 Å². The zero-order chi connectivity index (χ0) is 22.1. The van der Waals surface area contributed by atoms with Gasteiger partial charge in [-0.2, -0.15) is 8.78 Å². The lowest BCUT2D eigenvalue weighted by atomic mass is 10.0. The first-order chi connectivity index (χ1) is 15.7. The first kappa shape index (κ1) is 20.9. The average molecular weight is 453 g/mol. The van der Waals surface area contributed by atoms with Crippen molar-refractivity contribution in [3.63, 3.8) is 0 Å². The second kappa shape index (κ2) is 8.86. The molecule has 0 saturated heterocycles. The van der Waals surface area contributed by atoms with Gasteiger partial charge in [0.25, 0.3) is 0 Å². The normalized spacial score (nSPS) is 13.1. The van der Waals surface area contributed by atoms with Gasteiger partial charge in [-0.15, -0.1) is 10.2 Å². The lowest BCUT2D eigenvalue weighted by molar-refractivity contribution is -0.0503. The molecule has 0 aliphatic heterocycles. The molecule has 2 aromatic carbocycles. The average Bonchev–Trinajstić information content (AvgIpc) is 3.42. The summed E-state index contributed by atoms with van der Waals surface area (Å²) in [6.45, 7) is -0.0891. The SMILES string of the molecule is CCn1c(SCc2ccccc2OC(F)F)nnc1-c1c2c(nc3ccccc13)CCC2. The summed E-state index contributed by atoms with van der Waals surface area (Å²) in [5.74, 6) is 1.48. The Hall–Kier alpha value is -3.00. The van der Waals surface area contributed by atoms with E-state index in [0.717, 1.165) is 52.4 Å². The summed E-state index contributed by atoms with van der Waals surface area (Å²) in [4.78, 5) is 4.88. The van der Waals surface area contributed by atoms with Gasteiger partial charge < -0.3 is 9.30 Å². The Morgan fingerprint density at radius 2 is 1.88 bits per heavy atom. The quantitative estimate of drug-likeness (QED) is 0.327. The Balaban J connectivity index is 1.52. The molecule has 0 amide bonds. The minimum Gasteiger partial charge on any atom is -0.435 e. The predicted molar refractivity (Wildman–Crippen MR) is 121 cm³/mol. The number of hydrogen-bond acceptors (Lipinski definition) is 5. The molecule has 5 nitrogen and oxygen atoms in total. The van der Waals surface area contributed by atoms with Crippen molar-refractivity contribution in [3.8, 4) is 17.1 Å². The molecule has 32 heavy (non-hydrogen) atoms. The fraction of sp³-hybridized carbons (Fsp3) is 0.292. The zero-order valence-electron chi connectivity index (χ0n) is 17.6. The highest BCUT2D eigenvalue weighted by molar-refractivity contribution is 7.98. The van der Waals surface area contributed by atoms with Crippen LogP contribution in [0.25, 0.3) is 22.3 Å². The standard InChI is InChI=1S/C24H22F2N4OS/c1-2-30-22(21-16-9-4-5-11-18(16)27-19-12-7-10-17(19)21)28-29-24(30)32-14-15-8-3-6-13-20(15)31-23(25)26/h3-6,8-9,11,13,23H,2,7,10,12,14H2,1H3. The summed E-state index contributed by atoms with van der Waals surface area (Å²) >= 11 is 1.47. The molecule has 1 aliphatic carbocycles. The number of halogens is 2. The van der Waals surface area contributed by atoms with Crippen LogP contribution in [0, 0.1) is 0 Å². The van der Waals surface area contributed by atoms with Crippen molar-refractivity contribution >= 4 is 22.7 Å². The molecule has 0 spiro atoms. The monoisotopic (exact) mass is 452 g/mol. The van der Waals surface area contributed by atoms with Gasteiger partial charge in [-0.3, -0.25) is 4.98 Å². The maximum atomic E-state index is 12.7. The Bertz CT molecular complexity index is 1270. The van der Waals surface area contributed by atoms with Crippen molar-refractivity contribution in [1.29, 1.82) is 0 Å². The van der Waals surface area contributed by atoms with Crippen LogP contribution in [0.4, 0.5) is 8.78 Å². The van der Waals surface area contributed by atoms with E-state index in [9.17, 15) is 8.78 Å². The van der Waals surface area contributed by atoms with Gasteiger partial charge in [-0.25, -0.2) is 0 Å². The van der Waals surface area contributed by atoms with E-state index in [0.29, 0.717) is 17.9 Å². The van der Waals surface area contributed by atoms with E-state index in [2.05, 4.69) is 32.5 Å². The van der Waals surface area contributed by atoms with E-state index in [1.54, 1.807) is 18.2 Å². The van der Waals surface area contributed by atoms with Crippen LogP contribution in [-0.4, -0.2) is 26.4 Å². The number of alkyl halides is 2. The first-order valence-corrected chi connectivity index (χ1v) is 11.6. The summed E-state index contributed by atoms with van der Waals surface area (Å²) < 4.78 is 32.3. The van der Waals surface area contributed by atoms with Gasteiger partial charge in [-0.1, -0.05) is 48.2 Å². The Morgan fingerprint density at radius 3 is 2.72 bits per heavy atom. The second-order valence-corrected chi connectivity index (χ2v) is 8.55. The number of nitrogens with zero attached hydrogens (tertiary/aromatic N) is 4. The van der Waals surface area contributed by atoms with Crippen molar-refractivity contribution in [3.05, 3.63) is 65.4 Å². The van der Waals surface area contributed by atoms with Gasteiger partial charge in [0, 0.05) is 34.5 Å². The number of fused-ring (bicyclic) bond motifs is 2. The van der Waals surface area contributed by atoms with E-state index in [-0.39, 0.29) is 5.75 Å². The number of rotatable bonds is 7. The van der Waals surface area contributed by atoms with Crippen molar-refractivity contribution in [1.82, 2.24) is 19.7 Å². The number of aromatic nitrogens is 4. The van der Waals surface area contributed by atoms with Crippen LogP contribution in [0.15, 0.2) is 53.7 Å². The van der Waals surface area contributed by atoms with Crippen LogP contribution in [0.5, 0.6) is 5.75 Å². The van der Waals surface area contributed by atoms with Crippen LogP contribution in [0.1, 0.15) is 30.2 Å². The number of benzene rings is 2. The lowest BCUT2D eigenvalue weighted by Gasteiger charge is -2.14. The minimum atomic E-state index is -2.85. The van der Waals surface area contributed by atoms with Crippen molar-refractivity contribution in [2.24, 2.45) is 0 Å². The number of thioether (sulfide) groups is 1. The fourth-order valence-corrected chi connectivity index (χ4v) is 5.30. The highest BCUT2D eigenvalue weighted by Gasteiger charge is 2.25. The van der Waals surface area contributed by atoms with Crippen LogP contribution in [0.3, 0.4) is 0 Å². The van der Waals surface area contributed by atoms with Crippen molar-refractivity contribution in [2.75, 3.05) is 0 Å². The molecule has 0 bridgehead atoms. The topological polar surface area (TPSA) is 52.8 Å². The van der Waals surface area contributed by atoms with Crippen molar-refractivity contribution in [2.45, 2.75) is 50.3 Å². The maximum absolute atomic E-state index is 12.7. The molecule has 2 aromatic heterocycles. The van der Waals surface area contributed by atoms with Gasteiger partial charge in [0.05, 0.1) is 5.52 Å². The molecule has 0 saturated carbocycles. The molecular weight excluding hydrogens is 430 g/mol. The van der Waals surface area contributed by atoms with E-state index in [4.69, 9.17) is 4.98 Å². The third-order valence-electron chi connectivity index (χ3n) is 5.72. The van der Waals surface area contributed by atoms with Gasteiger partial charge >= 0.3 is 6.61 Å². The van der Waals surface area contributed by atoms with Crippen LogP contribution >= 0.6 is 11.8 Å². The van der Waals surface area contributed by atoms with Gasteiger partial charge in [0.2, 0.25) is 0 Å². The molecule has 0 atom stereocenters. The lowest BCUT2D eigenvalue weighted by Crippen LogP contribution is -2.05. The third-order valence-corrected chi connectivity index (χ3v) is 6.74. The Morgan fingerprint density at radius 1 is 1.06 bits per heavy atom. The van der Waals surface area contributed by atoms with Gasteiger partial charge in [0.15, 0.2) is 11.0 Å². The summed E-state index contributed by atoms with van der Waals surface area (Å²) in [5.41, 5.74) is 5.20. The molecule has 5 rings (SSSR count). The molecule has 0 N–H and O–H groups in total. The van der Waals surface area contributed by atoms with Gasteiger partial charge in [0.1, 0.15) is 5.75 Å². The number of ether oxygens (including phenoxy) is 1. The van der Waals surface area contributed by atoms with Crippen LogP contribution < -0.4 is 4.74 Å². The molecule has 164 valence electrons. The summed E-state index contributed by atoms with van der Waals surface area (Å²) in [6.07, 6.45) is 3.06. The van der Waals surface area contributed by atoms with E-state index >= 15 is 0 Å². The minimum absolute atomic E-state index is 0.190. The van der Waals surface area contributed by atoms with Gasteiger partial charge in [-0.05, 0) is 43.9 Å². The third kappa shape index (κ3) is 3.83. The summed E-state index contributed by atoms with van der Waals surface area (Å²) in [6, 6.07) is 15.0. The molecular formula is C24H22F2N4OS. The van der Waals surface area contributed by atoms with E-state index in [1.807, 2.05) is 24.3 Å². The predicted octanol–water partition coefficient (Wildman–Crippen LogP) is 5.90. The Labute approximate surface area is 188 Å². The molecule has 1 aliphatic rings. The second-order valence-electron chi connectivity index (χ2n) is 7.61. The molecule has 0 fully saturated rings. The van der Waals surface area contributed by atoms with E-state index < -0.39 is 6.61 Å².